The molecule has 20 heavy (non-hydrogen) atoms. The van der Waals surface area contributed by atoms with Crippen molar-refractivity contribution >= 4 is 22.9 Å². The van der Waals surface area contributed by atoms with Crippen LogP contribution in [0.2, 0.25) is 0 Å². The number of halogens is 1. The van der Waals surface area contributed by atoms with Gasteiger partial charge in [-0.2, -0.15) is 5.10 Å². The molecule has 3 unspecified atom stereocenters. The lowest BCUT2D eigenvalue weighted by Crippen LogP contribution is -2.37. The van der Waals surface area contributed by atoms with Crippen LogP contribution in [0.5, 0.6) is 0 Å². The lowest BCUT2D eigenvalue weighted by atomic mass is 10.1. The van der Waals surface area contributed by atoms with Gasteiger partial charge in [0, 0.05) is 0 Å². The largest absolute Gasteiger partial charge is 0.394 e. The molecule has 4 N–H and O–H groups in total. The first-order valence-electron chi connectivity index (χ1n) is 6.16. The van der Waals surface area contributed by atoms with Crippen LogP contribution in [0.1, 0.15) is 12.6 Å². The van der Waals surface area contributed by atoms with Crippen LogP contribution in [-0.2, 0) is 11.3 Å². The highest BCUT2D eigenvalue weighted by atomic mass is 35.5. The molecule has 8 heteroatoms. The molecule has 2 heterocycles. The van der Waals surface area contributed by atoms with E-state index in [2.05, 4.69) is 10.1 Å². The van der Waals surface area contributed by atoms with Gasteiger partial charge in [0.2, 0.25) is 0 Å². The summed E-state index contributed by atoms with van der Waals surface area (Å²) >= 11 is 5.79. The number of hydrogen-bond acceptors (Lipinski definition) is 6. The quantitative estimate of drug-likeness (QED) is 0.657. The smallest absolute Gasteiger partial charge is 0.151 e. The van der Waals surface area contributed by atoms with Crippen molar-refractivity contribution in [2.24, 2.45) is 0 Å². The Bertz CT molecular complexity index is 575. The first-order chi connectivity index (χ1) is 9.54. The molecule has 0 bridgehead atoms. The molecule has 2 rings (SSSR count). The molecule has 0 aliphatic rings. The number of aliphatic hydroxyl groups excluding tert-OH is 2. The second kappa shape index (κ2) is 6.36. The van der Waals surface area contributed by atoms with Crippen LogP contribution in [0.25, 0.3) is 5.52 Å². The second-order valence-corrected chi connectivity index (χ2v) is 5.16. The van der Waals surface area contributed by atoms with E-state index in [0.717, 1.165) is 5.69 Å². The third-order valence-electron chi connectivity index (χ3n) is 3.04. The predicted octanol–water partition coefficient (Wildman–Crippen LogP) is 0.177. The molecule has 0 fully saturated rings. The van der Waals surface area contributed by atoms with E-state index >= 15 is 0 Å². The molecule has 7 nitrogen and oxygen atoms in total. The van der Waals surface area contributed by atoms with Crippen molar-refractivity contribution in [1.29, 1.82) is 0 Å². The minimum atomic E-state index is -0.951. The maximum atomic E-state index is 9.80. The molecule has 0 aliphatic heterocycles. The standard InChI is InChI=1S/C12H17ClN4O3/c1-7(13)11(19)10(4-18)20-5-8-2-3-9-12(14)15-6-16-17(8)9/h2-3,6-7,10-11,18-19H,4-5H2,1H3,(H2,14,15,16). The van der Waals surface area contributed by atoms with Gasteiger partial charge in [0.15, 0.2) is 5.82 Å². The summed E-state index contributed by atoms with van der Waals surface area (Å²) < 4.78 is 7.10. The molecule has 2 aromatic rings. The van der Waals surface area contributed by atoms with E-state index in [-0.39, 0.29) is 13.2 Å². The van der Waals surface area contributed by atoms with Crippen LogP contribution in [-0.4, -0.2) is 49.0 Å². The number of ether oxygens (including phenoxy) is 1. The van der Waals surface area contributed by atoms with Crippen molar-refractivity contribution in [3.05, 3.63) is 24.2 Å². The molecule has 0 saturated heterocycles. The molecule has 0 spiro atoms. The van der Waals surface area contributed by atoms with Gasteiger partial charge < -0.3 is 20.7 Å². The van der Waals surface area contributed by atoms with Crippen molar-refractivity contribution < 1.29 is 14.9 Å². The van der Waals surface area contributed by atoms with E-state index < -0.39 is 17.6 Å². The summed E-state index contributed by atoms with van der Waals surface area (Å²) in [5, 5.41) is 22.6. The lowest BCUT2D eigenvalue weighted by molar-refractivity contribution is -0.0711. The first kappa shape index (κ1) is 15.0. The lowest BCUT2D eigenvalue weighted by Gasteiger charge is -2.23. The molecule has 110 valence electrons. The van der Waals surface area contributed by atoms with Gasteiger partial charge >= 0.3 is 0 Å². The first-order valence-corrected chi connectivity index (χ1v) is 6.60. The molecule has 0 saturated carbocycles. The SMILES string of the molecule is CC(Cl)C(O)C(CO)OCc1ccc2c(N)ncnn12. The minimum absolute atomic E-state index is 0.163. The number of nitrogens with two attached hydrogens (primary N) is 1. The van der Waals surface area contributed by atoms with E-state index in [1.165, 1.54) is 6.33 Å². The number of rotatable bonds is 6. The Morgan fingerprint density at radius 2 is 2.25 bits per heavy atom. The van der Waals surface area contributed by atoms with Crippen LogP contribution in [0.3, 0.4) is 0 Å². The molecule has 0 radical (unpaired) electrons. The molecular weight excluding hydrogens is 284 g/mol. The average Bonchev–Trinajstić information content (AvgIpc) is 2.84. The number of nitrogens with zero attached hydrogens (tertiary/aromatic N) is 3. The van der Waals surface area contributed by atoms with Gasteiger partial charge in [0.1, 0.15) is 17.9 Å². The summed E-state index contributed by atoms with van der Waals surface area (Å²) in [6, 6.07) is 3.58. The van der Waals surface area contributed by atoms with E-state index in [0.29, 0.717) is 11.3 Å². The maximum Gasteiger partial charge on any atom is 0.151 e. The Morgan fingerprint density at radius 1 is 1.50 bits per heavy atom. The van der Waals surface area contributed by atoms with Gasteiger partial charge in [0.25, 0.3) is 0 Å². The van der Waals surface area contributed by atoms with Crippen LogP contribution in [0.15, 0.2) is 18.5 Å². The zero-order chi connectivity index (χ0) is 14.7. The van der Waals surface area contributed by atoms with Gasteiger partial charge in [-0.25, -0.2) is 9.50 Å². The third kappa shape index (κ3) is 3.01. The van der Waals surface area contributed by atoms with Crippen molar-refractivity contribution in [3.8, 4) is 0 Å². The van der Waals surface area contributed by atoms with Crippen molar-refractivity contribution in [2.75, 3.05) is 12.3 Å². The van der Waals surface area contributed by atoms with Crippen molar-refractivity contribution in [3.63, 3.8) is 0 Å². The zero-order valence-corrected chi connectivity index (χ0v) is 11.7. The van der Waals surface area contributed by atoms with E-state index in [9.17, 15) is 10.2 Å². The number of fused-ring (bicyclic) bond motifs is 1. The van der Waals surface area contributed by atoms with Gasteiger partial charge in [-0.15, -0.1) is 11.6 Å². The summed E-state index contributed by atoms with van der Waals surface area (Å²) in [5.74, 6) is 0.374. The summed E-state index contributed by atoms with van der Waals surface area (Å²) in [7, 11) is 0. The summed E-state index contributed by atoms with van der Waals surface area (Å²) in [6.45, 7) is 1.48. The molecule has 0 aliphatic carbocycles. The Balaban J connectivity index is 2.11. The van der Waals surface area contributed by atoms with E-state index in [4.69, 9.17) is 22.1 Å². The summed E-state index contributed by atoms with van der Waals surface area (Å²) in [6.07, 6.45) is -0.356. The number of anilines is 1. The van der Waals surface area contributed by atoms with Crippen LogP contribution < -0.4 is 5.73 Å². The number of hydrogen-bond donors (Lipinski definition) is 3. The number of nitrogen functional groups attached to an aromatic ring is 1. The van der Waals surface area contributed by atoms with Crippen molar-refractivity contribution in [2.45, 2.75) is 31.1 Å². The zero-order valence-electron chi connectivity index (χ0n) is 11.0. The normalized spacial score (nSPS) is 16.2. The van der Waals surface area contributed by atoms with Crippen LogP contribution in [0, 0.1) is 0 Å². The Morgan fingerprint density at radius 3 is 2.90 bits per heavy atom. The topological polar surface area (TPSA) is 106 Å². The monoisotopic (exact) mass is 300 g/mol. The Hall–Kier alpha value is -1.41. The van der Waals surface area contributed by atoms with Crippen LogP contribution >= 0.6 is 11.6 Å². The fourth-order valence-electron chi connectivity index (χ4n) is 1.86. The highest BCUT2D eigenvalue weighted by Gasteiger charge is 2.24. The van der Waals surface area contributed by atoms with Crippen molar-refractivity contribution in [1.82, 2.24) is 14.6 Å². The highest BCUT2D eigenvalue weighted by Crippen LogP contribution is 2.16. The second-order valence-electron chi connectivity index (χ2n) is 4.47. The molecule has 3 atom stereocenters. The fraction of sp³-hybridized carbons (Fsp3) is 0.500. The number of alkyl halides is 1. The van der Waals surface area contributed by atoms with Gasteiger partial charge in [0.05, 0.1) is 30.4 Å². The number of aliphatic hydroxyl groups is 2. The Kier molecular flexibility index (Phi) is 4.77. The van der Waals surface area contributed by atoms with Gasteiger partial charge in [-0.3, -0.25) is 0 Å². The third-order valence-corrected chi connectivity index (χ3v) is 3.30. The Labute approximate surface area is 120 Å². The minimum Gasteiger partial charge on any atom is -0.394 e. The van der Waals surface area contributed by atoms with Crippen LogP contribution in [0.4, 0.5) is 5.82 Å². The highest BCUT2D eigenvalue weighted by molar-refractivity contribution is 6.20. The van der Waals surface area contributed by atoms with Gasteiger partial charge in [-0.1, -0.05) is 0 Å². The fourth-order valence-corrected chi connectivity index (χ4v) is 2.03. The molecular formula is C12H17ClN4O3. The predicted molar refractivity (Wildman–Crippen MR) is 74.4 cm³/mol. The molecule has 2 aromatic heterocycles. The summed E-state index contributed by atoms with van der Waals surface area (Å²) in [4.78, 5) is 3.89. The van der Waals surface area contributed by atoms with Gasteiger partial charge in [-0.05, 0) is 19.1 Å². The molecule has 0 amide bonds. The summed E-state index contributed by atoms with van der Waals surface area (Å²) in [5.41, 5.74) is 7.15. The average molecular weight is 301 g/mol. The maximum absolute atomic E-state index is 9.80. The van der Waals surface area contributed by atoms with E-state index in [1.807, 2.05) is 0 Å². The van der Waals surface area contributed by atoms with E-state index in [1.54, 1.807) is 23.6 Å². The number of aromatic nitrogens is 3. The molecule has 0 aromatic carbocycles.